The van der Waals surface area contributed by atoms with Crippen molar-refractivity contribution in [3.8, 4) is 0 Å². The van der Waals surface area contributed by atoms with E-state index in [1.54, 1.807) is 6.07 Å². The Labute approximate surface area is 94.6 Å². The quantitative estimate of drug-likeness (QED) is 0.838. The average Bonchev–Trinajstić information content (AvgIpc) is 2.30. The van der Waals surface area contributed by atoms with Crippen LogP contribution in [0.1, 0.15) is 5.56 Å². The Bertz CT molecular complexity index is 327. The zero-order chi connectivity index (χ0) is 11.2. The van der Waals surface area contributed by atoms with Crippen LogP contribution in [-0.2, 0) is 16.0 Å². The number of nitrogens with one attached hydrogen (secondary N) is 1. The summed E-state index contributed by atoms with van der Waals surface area (Å²) in [5.41, 5.74) is 0.941. The van der Waals surface area contributed by atoms with Crippen molar-refractivity contribution >= 4 is 0 Å². The van der Waals surface area contributed by atoms with Gasteiger partial charge in [-0.05, 0) is 17.7 Å². The molecule has 0 aliphatic carbocycles. The van der Waals surface area contributed by atoms with Crippen molar-refractivity contribution in [1.82, 2.24) is 5.32 Å². The summed E-state index contributed by atoms with van der Waals surface area (Å²) in [6.07, 6.45) is 0.113. The van der Waals surface area contributed by atoms with Crippen LogP contribution < -0.4 is 5.32 Å². The fraction of sp³-hybridized carbons (Fsp3) is 0.500. The van der Waals surface area contributed by atoms with Gasteiger partial charge in [-0.1, -0.05) is 12.1 Å². The second kappa shape index (κ2) is 5.94. The van der Waals surface area contributed by atoms with Gasteiger partial charge in [0.2, 0.25) is 0 Å². The Morgan fingerprint density at radius 3 is 3.06 bits per heavy atom. The molecule has 0 amide bonds. The van der Waals surface area contributed by atoms with Gasteiger partial charge in [-0.3, -0.25) is 0 Å². The topological polar surface area (TPSA) is 30.5 Å². The largest absolute Gasteiger partial charge is 0.376 e. The lowest BCUT2D eigenvalue weighted by Gasteiger charge is -2.23. The zero-order valence-corrected chi connectivity index (χ0v) is 9.12. The summed E-state index contributed by atoms with van der Waals surface area (Å²) >= 11 is 0. The predicted octanol–water partition coefficient (Wildman–Crippen LogP) is 1.33. The van der Waals surface area contributed by atoms with Gasteiger partial charge in [0.05, 0.1) is 25.9 Å². The maximum atomic E-state index is 12.9. The molecule has 1 aromatic rings. The van der Waals surface area contributed by atoms with Gasteiger partial charge in [-0.25, -0.2) is 4.39 Å². The normalized spacial score (nSPS) is 20.9. The lowest BCUT2D eigenvalue weighted by Crippen LogP contribution is -2.37. The third-order valence-electron chi connectivity index (χ3n) is 2.48. The summed E-state index contributed by atoms with van der Waals surface area (Å²) in [6, 6.07) is 6.59. The molecule has 1 atom stereocenters. The summed E-state index contributed by atoms with van der Waals surface area (Å²) in [6.45, 7) is 3.36. The molecule has 1 saturated heterocycles. The van der Waals surface area contributed by atoms with Crippen LogP contribution in [0.3, 0.4) is 0 Å². The van der Waals surface area contributed by atoms with Crippen LogP contribution in [0.4, 0.5) is 4.39 Å². The van der Waals surface area contributed by atoms with Gasteiger partial charge >= 0.3 is 0 Å². The van der Waals surface area contributed by atoms with E-state index in [2.05, 4.69) is 5.32 Å². The number of hydrogen-bond donors (Lipinski definition) is 1. The Morgan fingerprint density at radius 1 is 1.38 bits per heavy atom. The summed E-state index contributed by atoms with van der Waals surface area (Å²) in [7, 11) is 0. The molecule has 1 aliphatic rings. The molecule has 1 unspecified atom stereocenters. The van der Waals surface area contributed by atoms with E-state index in [4.69, 9.17) is 9.47 Å². The third-order valence-corrected chi connectivity index (χ3v) is 2.48. The molecule has 1 fully saturated rings. The molecule has 4 heteroatoms. The number of hydrogen-bond acceptors (Lipinski definition) is 3. The Hall–Kier alpha value is -0.970. The van der Waals surface area contributed by atoms with Gasteiger partial charge in [0.1, 0.15) is 5.82 Å². The molecule has 88 valence electrons. The molecule has 0 radical (unpaired) electrons. The molecule has 1 aromatic carbocycles. The summed E-state index contributed by atoms with van der Waals surface area (Å²) in [5, 5.41) is 3.23. The molecule has 1 aliphatic heterocycles. The average molecular weight is 225 g/mol. The minimum Gasteiger partial charge on any atom is -0.376 e. The van der Waals surface area contributed by atoms with Crippen molar-refractivity contribution < 1.29 is 13.9 Å². The Kier molecular flexibility index (Phi) is 4.27. The van der Waals surface area contributed by atoms with Gasteiger partial charge in [0.25, 0.3) is 0 Å². The molecule has 0 aromatic heterocycles. The van der Waals surface area contributed by atoms with Crippen LogP contribution in [0.2, 0.25) is 0 Å². The van der Waals surface area contributed by atoms with Crippen LogP contribution in [0, 0.1) is 5.82 Å². The van der Waals surface area contributed by atoms with Crippen molar-refractivity contribution in [2.24, 2.45) is 0 Å². The maximum Gasteiger partial charge on any atom is 0.123 e. The fourth-order valence-electron chi connectivity index (χ4n) is 1.68. The van der Waals surface area contributed by atoms with E-state index in [-0.39, 0.29) is 11.9 Å². The van der Waals surface area contributed by atoms with E-state index in [1.807, 2.05) is 6.07 Å². The number of ether oxygens (including phenoxy) is 2. The monoisotopic (exact) mass is 225 g/mol. The van der Waals surface area contributed by atoms with Crippen molar-refractivity contribution in [3.05, 3.63) is 35.6 Å². The molecule has 0 spiro atoms. The van der Waals surface area contributed by atoms with E-state index < -0.39 is 0 Å². The smallest absolute Gasteiger partial charge is 0.123 e. The molecule has 0 saturated carbocycles. The van der Waals surface area contributed by atoms with Gasteiger partial charge < -0.3 is 14.8 Å². The van der Waals surface area contributed by atoms with Crippen molar-refractivity contribution in [1.29, 1.82) is 0 Å². The molecule has 2 rings (SSSR count). The number of rotatable bonds is 4. The summed E-state index contributed by atoms with van der Waals surface area (Å²) < 4.78 is 23.6. The number of halogens is 1. The Balaban J connectivity index is 1.71. The lowest BCUT2D eigenvalue weighted by atomic mass is 10.2. The second-order valence-electron chi connectivity index (χ2n) is 3.83. The highest BCUT2D eigenvalue weighted by atomic mass is 19.1. The molecule has 1 heterocycles. The highest BCUT2D eigenvalue weighted by Crippen LogP contribution is 2.04. The van der Waals surface area contributed by atoms with Gasteiger partial charge in [-0.15, -0.1) is 0 Å². The molecule has 3 nitrogen and oxygen atoms in total. The highest BCUT2D eigenvalue weighted by molar-refractivity contribution is 5.15. The zero-order valence-electron chi connectivity index (χ0n) is 9.12. The minimum atomic E-state index is -0.198. The van der Waals surface area contributed by atoms with E-state index >= 15 is 0 Å². The van der Waals surface area contributed by atoms with Crippen LogP contribution in [0.25, 0.3) is 0 Å². The van der Waals surface area contributed by atoms with Crippen molar-refractivity contribution in [2.45, 2.75) is 12.6 Å². The maximum absolute atomic E-state index is 12.9. The van der Waals surface area contributed by atoms with Crippen LogP contribution >= 0.6 is 0 Å². The SMILES string of the molecule is Fc1cccc(CNCC2COCCO2)c1. The fourth-order valence-corrected chi connectivity index (χ4v) is 1.68. The minimum absolute atomic E-state index is 0.113. The van der Waals surface area contributed by atoms with Crippen molar-refractivity contribution in [2.75, 3.05) is 26.4 Å². The first kappa shape index (κ1) is 11.5. The van der Waals surface area contributed by atoms with Gasteiger partial charge in [-0.2, -0.15) is 0 Å². The van der Waals surface area contributed by atoms with E-state index in [0.29, 0.717) is 26.4 Å². The molecule has 1 N–H and O–H groups in total. The highest BCUT2D eigenvalue weighted by Gasteiger charge is 2.13. The summed E-state index contributed by atoms with van der Waals surface area (Å²) in [4.78, 5) is 0. The third kappa shape index (κ3) is 3.56. The first-order chi connectivity index (χ1) is 7.84. The van der Waals surface area contributed by atoms with E-state index in [9.17, 15) is 4.39 Å². The van der Waals surface area contributed by atoms with E-state index in [1.165, 1.54) is 12.1 Å². The first-order valence-electron chi connectivity index (χ1n) is 5.49. The second-order valence-corrected chi connectivity index (χ2v) is 3.83. The molecular formula is C12H16FNO2. The standard InChI is InChI=1S/C12H16FNO2/c13-11-3-1-2-10(6-11)7-14-8-12-9-15-4-5-16-12/h1-3,6,12,14H,4-5,7-9H2. The number of benzene rings is 1. The first-order valence-corrected chi connectivity index (χ1v) is 5.49. The van der Waals surface area contributed by atoms with Crippen molar-refractivity contribution in [3.63, 3.8) is 0 Å². The van der Waals surface area contributed by atoms with Crippen LogP contribution in [0.5, 0.6) is 0 Å². The van der Waals surface area contributed by atoms with Gasteiger partial charge in [0.15, 0.2) is 0 Å². The van der Waals surface area contributed by atoms with Crippen LogP contribution in [0.15, 0.2) is 24.3 Å². The molecule has 16 heavy (non-hydrogen) atoms. The Morgan fingerprint density at radius 2 is 2.31 bits per heavy atom. The van der Waals surface area contributed by atoms with Gasteiger partial charge in [0, 0.05) is 13.1 Å². The van der Waals surface area contributed by atoms with Crippen LogP contribution in [-0.4, -0.2) is 32.5 Å². The molecule has 0 bridgehead atoms. The van der Waals surface area contributed by atoms with E-state index in [0.717, 1.165) is 12.1 Å². The molecular weight excluding hydrogens is 209 g/mol. The predicted molar refractivity (Wildman–Crippen MR) is 58.7 cm³/mol. The summed E-state index contributed by atoms with van der Waals surface area (Å²) in [5.74, 6) is -0.198. The lowest BCUT2D eigenvalue weighted by molar-refractivity contribution is -0.0864.